The minimum Gasteiger partial charge on any atom is -0.377 e. The third-order valence-corrected chi connectivity index (χ3v) is 3.23. The van der Waals surface area contributed by atoms with E-state index in [-0.39, 0.29) is 18.0 Å². The lowest BCUT2D eigenvalue weighted by Crippen LogP contribution is -2.33. The highest BCUT2D eigenvalue weighted by molar-refractivity contribution is 5.26. The van der Waals surface area contributed by atoms with Crippen LogP contribution in [0.5, 0.6) is 0 Å². The summed E-state index contributed by atoms with van der Waals surface area (Å²) in [5.74, 6) is -0.178. The second-order valence-electron chi connectivity index (χ2n) is 5.16. The van der Waals surface area contributed by atoms with E-state index in [0.717, 1.165) is 12.1 Å². The van der Waals surface area contributed by atoms with Crippen LogP contribution < -0.4 is 5.73 Å². The molecule has 2 N–H and O–H groups in total. The van der Waals surface area contributed by atoms with Gasteiger partial charge in [0.1, 0.15) is 5.82 Å². The second-order valence-corrected chi connectivity index (χ2v) is 5.16. The van der Waals surface area contributed by atoms with E-state index in [4.69, 9.17) is 10.5 Å². The van der Waals surface area contributed by atoms with E-state index in [2.05, 4.69) is 4.90 Å². The Morgan fingerprint density at radius 3 is 2.58 bits per heavy atom. The van der Waals surface area contributed by atoms with Crippen LogP contribution in [0.15, 0.2) is 18.2 Å². The monoisotopic (exact) mass is 268 g/mol. The molecule has 0 aliphatic rings. The molecule has 0 heterocycles. The van der Waals surface area contributed by atoms with Gasteiger partial charge in [0, 0.05) is 19.1 Å². The minimum atomic E-state index is -0.178. The molecule has 0 spiro atoms. The number of hydrogen-bond donors (Lipinski definition) is 1. The third kappa shape index (κ3) is 4.90. The van der Waals surface area contributed by atoms with Gasteiger partial charge in [-0.15, -0.1) is 0 Å². The Kier molecular flexibility index (Phi) is 6.42. The number of ether oxygens (including phenoxy) is 1. The Bertz CT molecular complexity index is 396. The topological polar surface area (TPSA) is 38.5 Å². The highest BCUT2D eigenvalue weighted by Crippen LogP contribution is 2.20. The van der Waals surface area contributed by atoms with Gasteiger partial charge in [-0.1, -0.05) is 12.1 Å². The van der Waals surface area contributed by atoms with Crippen LogP contribution in [0.2, 0.25) is 0 Å². The van der Waals surface area contributed by atoms with Gasteiger partial charge in [-0.3, -0.25) is 4.90 Å². The quantitative estimate of drug-likeness (QED) is 0.825. The second kappa shape index (κ2) is 7.58. The van der Waals surface area contributed by atoms with Gasteiger partial charge >= 0.3 is 0 Å². The molecule has 0 saturated heterocycles. The van der Waals surface area contributed by atoms with Gasteiger partial charge in [0.05, 0.1) is 12.7 Å². The van der Waals surface area contributed by atoms with Crippen molar-refractivity contribution >= 4 is 0 Å². The van der Waals surface area contributed by atoms with Crippen LogP contribution in [0.1, 0.15) is 31.0 Å². The Balaban J connectivity index is 2.67. The fourth-order valence-corrected chi connectivity index (χ4v) is 1.98. The first-order valence-electron chi connectivity index (χ1n) is 6.73. The fraction of sp³-hybridized carbons (Fsp3) is 0.600. The molecule has 0 amide bonds. The van der Waals surface area contributed by atoms with Crippen molar-refractivity contribution in [3.63, 3.8) is 0 Å². The van der Waals surface area contributed by atoms with Crippen molar-refractivity contribution < 1.29 is 9.13 Å². The Labute approximate surface area is 115 Å². The maximum absolute atomic E-state index is 13.6. The van der Waals surface area contributed by atoms with Crippen LogP contribution in [0, 0.1) is 12.7 Å². The number of nitrogens with two attached hydrogens (primary N) is 1. The maximum atomic E-state index is 13.6. The molecular weight excluding hydrogens is 243 g/mol. The average Bonchev–Trinajstić information content (AvgIpc) is 2.34. The van der Waals surface area contributed by atoms with Crippen molar-refractivity contribution in [2.45, 2.75) is 32.9 Å². The lowest BCUT2D eigenvalue weighted by molar-refractivity contribution is 0.0564. The number of aryl methyl sites for hydroxylation is 1. The number of hydrogen-bond acceptors (Lipinski definition) is 3. The summed E-state index contributed by atoms with van der Waals surface area (Å²) >= 11 is 0. The van der Waals surface area contributed by atoms with Crippen LogP contribution in [0.3, 0.4) is 0 Å². The number of nitrogens with zero attached hydrogens (tertiary/aromatic N) is 1. The summed E-state index contributed by atoms with van der Waals surface area (Å²) in [5.41, 5.74) is 7.39. The van der Waals surface area contributed by atoms with E-state index in [0.29, 0.717) is 18.7 Å². The lowest BCUT2D eigenvalue weighted by Gasteiger charge is -2.27. The molecule has 0 bridgehead atoms. The molecule has 0 fully saturated rings. The van der Waals surface area contributed by atoms with Crippen LogP contribution in [-0.2, 0) is 4.74 Å². The van der Waals surface area contributed by atoms with E-state index in [9.17, 15) is 4.39 Å². The van der Waals surface area contributed by atoms with Crippen molar-refractivity contribution in [1.29, 1.82) is 0 Å². The summed E-state index contributed by atoms with van der Waals surface area (Å²) in [7, 11) is 1.99. The molecule has 0 aromatic heterocycles. The van der Waals surface area contributed by atoms with Gasteiger partial charge in [-0.05, 0) is 45.0 Å². The normalized spacial score (nSPS) is 13.3. The Hall–Kier alpha value is -0.970. The molecule has 0 radical (unpaired) electrons. The molecule has 108 valence electrons. The third-order valence-electron chi connectivity index (χ3n) is 3.23. The molecule has 0 aliphatic heterocycles. The van der Waals surface area contributed by atoms with Crippen LogP contribution in [0.25, 0.3) is 0 Å². The average molecular weight is 268 g/mol. The van der Waals surface area contributed by atoms with Gasteiger partial charge in [0.25, 0.3) is 0 Å². The molecule has 1 atom stereocenters. The molecular formula is C15H25FN2O. The highest BCUT2D eigenvalue weighted by atomic mass is 19.1. The molecule has 3 nitrogen and oxygen atoms in total. The summed E-state index contributed by atoms with van der Waals surface area (Å²) < 4.78 is 19.1. The molecule has 4 heteroatoms. The van der Waals surface area contributed by atoms with E-state index in [1.807, 2.05) is 27.0 Å². The number of likely N-dealkylation sites (N-methyl/N-ethyl adjacent to an activating group) is 1. The Morgan fingerprint density at radius 2 is 2.05 bits per heavy atom. The number of halogens is 1. The largest absolute Gasteiger partial charge is 0.377 e. The van der Waals surface area contributed by atoms with Crippen LogP contribution in [-0.4, -0.2) is 37.7 Å². The minimum absolute atomic E-state index is 0.0193. The van der Waals surface area contributed by atoms with Crippen LogP contribution in [0.4, 0.5) is 4.39 Å². The molecule has 0 saturated carbocycles. The summed E-state index contributed by atoms with van der Waals surface area (Å²) in [5, 5.41) is 0. The van der Waals surface area contributed by atoms with E-state index < -0.39 is 0 Å². The zero-order chi connectivity index (χ0) is 14.4. The lowest BCUT2D eigenvalue weighted by atomic mass is 10.0. The molecule has 1 aromatic carbocycles. The van der Waals surface area contributed by atoms with Crippen molar-refractivity contribution in [3.8, 4) is 0 Å². The summed E-state index contributed by atoms with van der Waals surface area (Å²) in [4.78, 5) is 2.10. The predicted octanol–water partition coefficient (Wildman–Crippen LogP) is 2.49. The number of rotatable bonds is 7. The van der Waals surface area contributed by atoms with Crippen LogP contribution >= 0.6 is 0 Å². The molecule has 0 aliphatic carbocycles. The maximum Gasteiger partial charge on any atom is 0.126 e. The zero-order valence-electron chi connectivity index (χ0n) is 12.3. The zero-order valence-corrected chi connectivity index (χ0v) is 12.3. The van der Waals surface area contributed by atoms with Gasteiger partial charge in [0.15, 0.2) is 0 Å². The van der Waals surface area contributed by atoms with E-state index in [1.54, 1.807) is 19.1 Å². The fourth-order valence-electron chi connectivity index (χ4n) is 1.98. The molecule has 1 rings (SSSR count). The van der Waals surface area contributed by atoms with Crippen molar-refractivity contribution in [2.24, 2.45) is 5.73 Å². The van der Waals surface area contributed by atoms with E-state index >= 15 is 0 Å². The summed E-state index contributed by atoms with van der Waals surface area (Å²) in [6.07, 6.45) is 0.224. The first-order chi connectivity index (χ1) is 8.95. The van der Waals surface area contributed by atoms with Gasteiger partial charge in [-0.2, -0.15) is 0 Å². The van der Waals surface area contributed by atoms with Crippen molar-refractivity contribution in [1.82, 2.24) is 4.90 Å². The van der Waals surface area contributed by atoms with E-state index in [1.165, 1.54) is 0 Å². The predicted molar refractivity (Wildman–Crippen MR) is 76.7 cm³/mol. The van der Waals surface area contributed by atoms with Gasteiger partial charge in [0.2, 0.25) is 0 Å². The van der Waals surface area contributed by atoms with Crippen molar-refractivity contribution in [2.75, 3.05) is 26.7 Å². The Morgan fingerprint density at radius 1 is 1.37 bits per heavy atom. The smallest absolute Gasteiger partial charge is 0.126 e. The SMILES string of the molecule is Cc1ccc(C(CN)N(C)CCOC(C)C)cc1F. The first-order valence-corrected chi connectivity index (χ1v) is 6.73. The molecule has 1 unspecified atom stereocenters. The summed E-state index contributed by atoms with van der Waals surface area (Å²) in [6, 6.07) is 5.33. The molecule has 19 heavy (non-hydrogen) atoms. The highest BCUT2D eigenvalue weighted by Gasteiger charge is 2.16. The standard InChI is InChI=1S/C15H25FN2O/c1-11(2)19-8-7-18(4)15(10-17)13-6-5-12(3)14(16)9-13/h5-6,9,11,15H,7-8,10,17H2,1-4H3. The summed E-state index contributed by atoms with van der Waals surface area (Å²) in [6.45, 7) is 7.66. The first kappa shape index (κ1) is 16.1. The molecule has 1 aromatic rings. The van der Waals surface area contributed by atoms with Crippen molar-refractivity contribution in [3.05, 3.63) is 35.1 Å². The number of benzene rings is 1. The van der Waals surface area contributed by atoms with Gasteiger partial charge in [-0.25, -0.2) is 4.39 Å². The van der Waals surface area contributed by atoms with Gasteiger partial charge < -0.3 is 10.5 Å².